The monoisotopic (exact) mass is 407 g/mol. The van der Waals surface area contributed by atoms with Crippen LogP contribution >= 0.6 is 0 Å². The number of fused-ring (bicyclic) bond motifs is 1. The van der Waals surface area contributed by atoms with E-state index in [9.17, 15) is 9.90 Å². The molecule has 0 saturated carbocycles. The number of piperidine rings is 1. The van der Waals surface area contributed by atoms with Crippen molar-refractivity contribution >= 4 is 5.91 Å². The number of aromatic nitrogens is 1. The summed E-state index contributed by atoms with van der Waals surface area (Å²) in [6.07, 6.45) is 2.97. The van der Waals surface area contributed by atoms with Crippen molar-refractivity contribution in [1.82, 2.24) is 15.4 Å². The van der Waals surface area contributed by atoms with Gasteiger partial charge in [0.05, 0.1) is 18.4 Å². The van der Waals surface area contributed by atoms with Gasteiger partial charge in [0.1, 0.15) is 5.76 Å². The number of rotatable bonds is 2. The average molecular weight is 408 g/mol. The van der Waals surface area contributed by atoms with Crippen molar-refractivity contribution in [2.75, 3.05) is 32.8 Å². The third kappa shape index (κ3) is 5.80. The molecule has 0 radical (unpaired) electrons. The molecule has 29 heavy (non-hydrogen) atoms. The fraction of sp³-hybridized carbons (Fsp3) is 0.818. The van der Waals surface area contributed by atoms with E-state index in [2.05, 4.69) is 15.4 Å². The van der Waals surface area contributed by atoms with Gasteiger partial charge in [0.25, 0.3) is 0 Å². The molecule has 164 valence electrons. The largest absolute Gasteiger partial charge is 0.391 e. The molecule has 3 heterocycles. The lowest BCUT2D eigenvalue weighted by molar-refractivity contribution is -0.124. The summed E-state index contributed by atoms with van der Waals surface area (Å²) in [4.78, 5) is 15.0. The molecule has 2 N–H and O–H groups in total. The van der Waals surface area contributed by atoms with Crippen molar-refractivity contribution in [3.05, 3.63) is 17.0 Å². The molecule has 7 nitrogen and oxygen atoms in total. The first-order valence-electron chi connectivity index (χ1n) is 10.9. The minimum Gasteiger partial charge on any atom is -0.391 e. The van der Waals surface area contributed by atoms with E-state index in [0.717, 1.165) is 50.4 Å². The number of hydrogen-bond acceptors (Lipinski definition) is 6. The smallest absolute Gasteiger partial charge is 0.220 e. The molecule has 0 spiro atoms. The summed E-state index contributed by atoms with van der Waals surface area (Å²) >= 11 is 0. The first kappa shape index (κ1) is 22.2. The Hall–Kier alpha value is -1.44. The molecule has 1 aromatic rings. The molecule has 3 rings (SSSR count). The molecule has 7 heteroatoms. The first-order valence-corrected chi connectivity index (χ1v) is 10.9. The van der Waals surface area contributed by atoms with Crippen LogP contribution in [0.1, 0.15) is 56.5 Å². The third-order valence-electron chi connectivity index (χ3n) is 6.72. The lowest BCUT2D eigenvalue weighted by atomic mass is 9.80. The Labute approximate surface area is 174 Å². The van der Waals surface area contributed by atoms with E-state index in [0.29, 0.717) is 31.5 Å². The van der Waals surface area contributed by atoms with E-state index in [4.69, 9.17) is 9.26 Å². The minimum atomic E-state index is -0.611. The molecule has 2 saturated heterocycles. The summed E-state index contributed by atoms with van der Waals surface area (Å²) < 4.78 is 11.2. The van der Waals surface area contributed by atoms with Gasteiger partial charge in [-0.3, -0.25) is 9.69 Å². The van der Waals surface area contributed by atoms with Gasteiger partial charge in [0.2, 0.25) is 5.91 Å². The molecular weight excluding hydrogens is 370 g/mol. The first-order chi connectivity index (χ1) is 13.8. The van der Waals surface area contributed by atoms with Crippen LogP contribution in [0.25, 0.3) is 0 Å². The van der Waals surface area contributed by atoms with Crippen LogP contribution in [0.2, 0.25) is 0 Å². The molecule has 0 aromatic carbocycles. The van der Waals surface area contributed by atoms with Crippen LogP contribution in [0, 0.1) is 31.1 Å². The predicted molar refractivity (Wildman–Crippen MR) is 110 cm³/mol. The van der Waals surface area contributed by atoms with Crippen molar-refractivity contribution in [3.8, 4) is 0 Å². The van der Waals surface area contributed by atoms with E-state index in [-0.39, 0.29) is 17.9 Å². The van der Waals surface area contributed by atoms with E-state index in [1.807, 2.05) is 27.7 Å². The van der Waals surface area contributed by atoms with Crippen molar-refractivity contribution in [2.24, 2.45) is 17.3 Å². The summed E-state index contributed by atoms with van der Waals surface area (Å²) in [6.45, 7) is 12.2. The standard InChI is InChI=1S/C22H37N3O4/c1-15-19(16(2)29-24-15)13-25-8-7-17-10-21(27)23-11-20(26)22(3,4)14-28-9-5-6-18(17)12-25/h17-18,20,26H,5-14H2,1-4H3,(H,23,27)/t17-,18-,20-/m0/s1. The molecule has 0 unspecified atom stereocenters. The second-order valence-corrected chi connectivity index (χ2v) is 9.55. The highest BCUT2D eigenvalue weighted by Gasteiger charge is 2.33. The van der Waals surface area contributed by atoms with Gasteiger partial charge in [-0.05, 0) is 51.5 Å². The lowest BCUT2D eigenvalue weighted by Gasteiger charge is -2.38. The summed E-state index contributed by atoms with van der Waals surface area (Å²) in [5.74, 6) is 1.79. The Kier molecular flexibility index (Phi) is 7.35. The van der Waals surface area contributed by atoms with Gasteiger partial charge in [-0.25, -0.2) is 0 Å². The van der Waals surface area contributed by atoms with Crippen LogP contribution < -0.4 is 5.32 Å². The molecule has 0 aliphatic carbocycles. The van der Waals surface area contributed by atoms with Gasteiger partial charge in [0, 0.05) is 43.6 Å². The van der Waals surface area contributed by atoms with Crippen LogP contribution in [0.3, 0.4) is 0 Å². The Balaban J connectivity index is 1.64. The number of carbonyl (C=O) groups excluding carboxylic acids is 1. The third-order valence-corrected chi connectivity index (χ3v) is 6.72. The minimum absolute atomic E-state index is 0.0502. The average Bonchev–Trinajstić information content (AvgIpc) is 2.99. The molecule has 1 aromatic heterocycles. The highest BCUT2D eigenvalue weighted by atomic mass is 16.5. The number of ether oxygens (including phenoxy) is 1. The van der Waals surface area contributed by atoms with Gasteiger partial charge in [-0.1, -0.05) is 19.0 Å². The van der Waals surface area contributed by atoms with Crippen LogP contribution in [0.4, 0.5) is 0 Å². The van der Waals surface area contributed by atoms with Crippen molar-refractivity contribution in [2.45, 2.75) is 66.0 Å². The quantitative estimate of drug-likeness (QED) is 0.783. The van der Waals surface area contributed by atoms with Crippen LogP contribution in [0.15, 0.2) is 4.52 Å². The van der Waals surface area contributed by atoms with Crippen molar-refractivity contribution < 1.29 is 19.2 Å². The van der Waals surface area contributed by atoms with E-state index >= 15 is 0 Å². The number of carbonyl (C=O) groups is 1. The number of hydrogen-bond donors (Lipinski definition) is 2. The normalized spacial score (nSPS) is 29.8. The highest BCUT2D eigenvalue weighted by Crippen LogP contribution is 2.32. The number of likely N-dealkylation sites (tertiary alicyclic amines) is 1. The van der Waals surface area contributed by atoms with Crippen molar-refractivity contribution in [3.63, 3.8) is 0 Å². The van der Waals surface area contributed by atoms with Gasteiger partial charge >= 0.3 is 0 Å². The molecule has 2 aliphatic rings. The van der Waals surface area contributed by atoms with Crippen LogP contribution in [-0.4, -0.2) is 60.0 Å². The number of nitrogens with one attached hydrogen (secondary N) is 1. The van der Waals surface area contributed by atoms with Crippen LogP contribution in [-0.2, 0) is 16.1 Å². The Bertz CT molecular complexity index is 668. The number of aryl methyl sites for hydroxylation is 2. The number of nitrogens with zero attached hydrogens (tertiary/aromatic N) is 2. The zero-order valence-electron chi connectivity index (χ0n) is 18.4. The number of amides is 1. The Morgan fingerprint density at radius 1 is 1.28 bits per heavy atom. The maximum atomic E-state index is 12.5. The van der Waals surface area contributed by atoms with E-state index < -0.39 is 6.10 Å². The number of aliphatic hydroxyl groups is 1. The summed E-state index contributed by atoms with van der Waals surface area (Å²) in [5.41, 5.74) is 1.78. The topological polar surface area (TPSA) is 87.8 Å². The van der Waals surface area contributed by atoms with Gasteiger partial charge in [0.15, 0.2) is 0 Å². The summed E-state index contributed by atoms with van der Waals surface area (Å²) in [7, 11) is 0. The zero-order valence-corrected chi connectivity index (χ0v) is 18.4. The van der Waals surface area contributed by atoms with Gasteiger partial charge in [-0.2, -0.15) is 0 Å². The molecule has 2 fully saturated rings. The summed E-state index contributed by atoms with van der Waals surface area (Å²) in [6, 6.07) is 0. The van der Waals surface area contributed by atoms with Crippen molar-refractivity contribution in [1.29, 1.82) is 0 Å². The SMILES string of the molecule is Cc1noc(C)c1CN1CC[C@H]2CC(=O)NC[C@H](O)C(C)(C)COCCC[C@H]2C1. The maximum Gasteiger partial charge on any atom is 0.220 e. The molecular formula is C22H37N3O4. The Morgan fingerprint density at radius 2 is 2.07 bits per heavy atom. The fourth-order valence-electron chi connectivity index (χ4n) is 4.52. The van der Waals surface area contributed by atoms with Gasteiger partial charge < -0.3 is 19.7 Å². The zero-order chi connectivity index (χ0) is 21.0. The molecule has 3 atom stereocenters. The second-order valence-electron chi connectivity index (χ2n) is 9.55. The highest BCUT2D eigenvalue weighted by molar-refractivity contribution is 5.76. The fourth-order valence-corrected chi connectivity index (χ4v) is 4.52. The Morgan fingerprint density at radius 3 is 2.79 bits per heavy atom. The molecule has 2 aliphatic heterocycles. The molecule has 0 bridgehead atoms. The number of β-amino-alcohol motifs (C(OH)–C–C–N with tert-alkyl or cyclic N) is 1. The predicted octanol–water partition coefficient (Wildman–Crippen LogP) is 2.43. The lowest BCUT2D eigenvalue weighted by Crippen LogP contribution is -2.44. The second kappa shape index (κ2) is 9.58. The summed E-state index contributed by atoms with van der Waals surface area (Å²) in [5, 5.41) is 17.4. The van der Waals surface area contributed by atoms with E-state index in [1.54, 1.807) is 0 Å². The maximum absolute atomic E-state index is 12.5. The van der Waals surface area contributed by atoms with Gasteiger partial charge in [-0.15, -0.1) is 0 Å². The van der Waals surface area contributed by atoms with Crippen LogP contribution in [0.5, 0.6) is 0 Å². The number of aliphatic hydroxyl groups excluding tert-OH is 1. The molecule has 1 amide bonds. The van der Waals surface area contributed by atoms with E-state index in [1.165, 1.54) is 5.56 Å².